The molecule has 0 unspecified atom stereocenters. The molecule has 1 aliphatic heterocycles. The third kappa shape index (κ3) is 1.39. The van der Waals surface area contributed by atoms with Gasteiger partial charge in [-0.3, -0.25) is 0 Å². The molecule has 0 aliphatic carbocycles. The van der Waals surface area contributed by atoms with Crippen molar-refractivity contribution in [1.29, 1.82) is 0 Å². The van der Waals surface area contributed by atoms with Gasteiger partial charge < -0.3 is 0 Å². The van der Waals surface area contributed by atoms with E-state index >= 15 is 0 Å². The summed E-state index contributed by atoms with van der Waals surface area (Å²) in [5.41, 5.74) is 0. The fourth-order valence-electron chi connectivity index (χ4n) is 0.460. The van der Waals surface area contributed by atoms with Gasteiger partial charge in [0.05, 0.1) is 0 Å². The molecule has 0 spiro atoms. The summed E-state index contributed by atoms with van der Waals surface area (Å²) < 4.78 is 5.87. The second-order valence-corrected chi connectivity index (χ2v) is 4.48. The van der Waals surface area contributed by atoms with E-state index < -0.39 is 16.1 Å². The normalized spacial score (nSPS) is 17.6. The van der Waals surface area contributed by atoms with Gasteiger partial charge in [0.2, 0.25) is 0 Å². The number of nitrogens with zero attached hydrogens (tertiary/aromatic N) is 1. The molecule has 1 aliphatic rings. The summed E-state index contributed by atoms with van der Waals surface area (Å²) in [6.45, 7) is 1.58. The molecule has 0 N–H and O–H groups in total. The SMILES string of the molecule is [Cl][Zn][C]1=NCCO1. The zero-order chi connectivity index (χ0) is 5.11. The molecule has 0 fully saturated rings. The van der Waals surface area contributed by atoms with Gasteiger partial charge in [0.25, 0.3) is 0 Å². The molecule has 4 heteroatoms. The number of rotatable bonds is 1. The van der Waals surface area contributed by atoms with Gasteiger partial charge in [-0.2, -0.15) is 0 Å². The minimum atomic E-state index is -0.969. The van der Waals surface area contributed by atoms with Crippen LogP contribution in [0.1, 0.15) is 0 Å². The van der Waals surface area contributed by atoms with E-state index in [0.717, 1.165) is 17.6 Å². The van der Waals surface area contributed by atoms with Crippen LogP contribution in [0.5, 0.6) is 0 Å². The Bertz CT molecular complexity index is 94.9. The summed E-state index contributed by atoms with van der Waals surface area (Å²) in [5.74, 6) is 0. The van der Waals surface area contributed by atoms with Crippen LogP contribution in [0.15, 0.2) is 4.99 Å². The summed E-state index contributed by atoms with van der Waals surface area (Å²) in [5, 5.41) is 0. The molecule has 36 valence electrons. The Morgan fingerprint density at radius 3 is 3.00 bits per heavy atom. The third-order valence-electron chi connectivity index (χ3n) is 0.762. The van der Waals surface area contributed by atoms with E-state index in [1.165, 1.54) is 0 Å². The zero-order valence-electron chi connectivity index (χ0n) is 3.85. The topological polar surface area (TPSA) is 21.6 Å². The average Bonchev–Trinajstić information content (AvgIpc) is 2.14. The van der Waals surface area contributed by atoms with E-state index in [9.17, 15) is 0 Å². The molecule has 0 atom stereocenters. The van der Waals surface area contributed by atoms with Gasteiger partial charge in [-0.15, -0.1) is 0 Å². The number of halogens is 1. The first-order valence-corrected chi connectivity index (χ1v) is 7.54. The van der Waals surface area contributed by atoms with Crippen molar-refractivity contribution in [3.8, 4) is 0 Å². The van der Waals surface area contributed by atoms with Crippen molar-refractivity contribution in [2.75, 3.05) is 13.2 Å². The molecule has 0 radical (unpaired) electrons. The quantitative estimate of drug-likeness (QED) is 0.529. The standard InChI is InChI=1S/C3H4NO.ClH.Zn/c1-2-5-3-4-1;;/h1-2H2;1H;/q;;+1/p-1. The molecule has 0 saturated heterocycles. The maximum atomic E-state index is 5.54. The summed E-state index contributed by atoms with van der Waals surface area (Å²) in [6.07, 6.45) is 0. The van der Waals surface area contributed by atoms with Crippen molar-refractivity contribution >= 4 is 14.2 Å². The van der Waals surface area contributed by atoms with E-state index in [4.69, 9.17) is 14.4 Å². The van der Waals surface area contributed by atoms with Crippen LogP contribution in [0, 0.1) is 0 Å². The van der Waals surface area contributed by atoms with E-state index in [2.05, 4.69) is 4.99 Å². The second kappa shape index (κ2) is 2.63. The van der Waals surface area contributed by atoms with Gasteiger partial charge in [0, 0.05) is 0 Å². The van der Waals surface area contributed by atoms with Gasteiger partial charge in [0.1, 0.15) is 0 Å². The second-order valence-electron chi connectivity index (χ2n) is 1.26. The minimum absolute atomic E-state index is 0.757. The van der Waals surface area contributed by atoms with Gasteiger partial charge in [-0.1, -0.05) is 0 Å². The van der Waals surface area contributed by atoms with Crippen LogP contribution in [0.2, 0.25) is 0 Å². The number of hydrogen-bond acceptors (Lipinski definition) is 2. The number of aliphatic imine (C=N–C) groups is 1. The first-order chi connectivity index (χ1) is 3.43. The molecular formula is C3H4ClNOZn. The zero-order valence-corrected chi connectivity index (χ0v) is 7.58. The molecule has 1 rings (SSSR count). The Labute approximate surface area is 53.5 Å². The van der Waals surface area contributed by atoms with Crippen LogP contribution in [0.4, 0.5) is 0 Å². The fourth-order valence-corrected chi connectivity index (χ4v) is 2.27. The Morgan fingerprint density at radius 2 is 2.71 bits per heavy atom. The monoisotopic (exact) mass is 169 g/mol. The molecule has 0 aromatic rings. The molecule has 1 heterocycles. The van der Waals surface area contributed by atoms with E-state index in [-0.39, 0.29) is 0 Å². The predicted octanol–water partition coefficient (Wildman–Crippen LogP) is 0.609. The van der Waals surface area contributed by atoms with Gasteiger partial charge in [0.15, 0.2) is 0 Å². The molecular weight excluding hydrogens is 167 g/mol. The Kier molecular flexibility index (Phi) is 2.08. The molecule has 7 heavy (non-hydrogen) atoms. The van der Waals surface area contributed by atoms with Crippen LogP contribution >= 0.6 is 9.69 Å². The van der Waals surface area contributed by atoms with E-state index in [0.29, 0.717) is 0 Å². The summed E-state index contributed by atoms with van der Waals surface area (Å²) in [4.78, 5) is 4.00. The molecule has 0 aromatic heterocycles. The van der Waals surface area contributed by atoms with Crippen LogP contribution in [0.3, 0.4) is 0 Å². The van der Waals surface area contributed by atoms with Crippen molar-refractivity contribution in [2.24, 2.45) is 4.99 Å². The van der Waals surface area contributed by atoms with Crippen molar-refractivity contribution in [2.45, 2.75) is 0 Å². The van der Waals surface area contributed by atoms with Crippen molar-refractivity contribution < 1.29 is 20.9 Å². The van der Waals surface area contributed by atoms with Crippen molar-refractivity contribution in [3.05, 3.63) is 0 Å². The molecule has 0 bridgehead atoms. The Balaban J connectivity index is 2.36. The van der Waals surface area contributed by atoms with Gasteiger partial charge in [-0.05, 0) is 0 Å². The van der Waals surface area contributed by atoms with Gasteiger partial charge >= 0.3 is 53.2 Å². The van der Waals surface area contributed by atoms with Gasteiger partial charge in [-0.25, -0.2) is 0 Å². The first-order valence-electron chi connectivity index (χ1n) is 2.15. The van der Waals surface area contributed by atoms with Crippen LogP contribution < -0.4 is 0 Å². The number of hydrogen-bond donors (Lipinski definition) is 0. The summed E-state index contributed by atoms with van der Waals surface area (Å²) >= 11 is -0.969. The van der Waals surface area contributed by atoms with Crippen LogP contribution in [-0.4, -0.2) is 17.6 Å². The predicted molar refractivity (Wildman–Crippen MR) is 24.1 cm³/mol. The Morgan fingerprint density at radius 1 is 1.86 bits per heavy atom. The average molecular weight is 171 g/mol. The number of ether oxygens (including phenoxy) is 1. The molecule has 0 saturated carbocycles. The van der Waals surface area contributed by atoms with Crippen molar-refractivity contribution in [3.63, 3.8) is 0 Å². The van der Waals surface area contributed by atoms with Crippen LogP contribution in [0.25, 0.3) is 0 Å². The first kappa shape index (κ1) is 5.52. The van der Waals surface area contributed by atoms with Crippen molar-refractivity contribution in [1.82, 2.24) is 0 Å². The van der Waals surface area contributed by atoms with E-state index in [1.807, 2.05) is 0 Å². The molecule has 0 aromatic carbocycles. The fraction of sp³-hybridized carbons (Fsp3) is 0.667. The summed E-state index contributed by atoms with van der Waals surface area (Å²) in [6, 6.07) is 0. The van der Waals surface area contributed by atoms with E-state index in [1.54, 1.807) is 0 Å². The molecule has 0 amide bonds. The third-order valence-corrected chi connectivity index (χ3v) is 3.33. The summed E-state index contributed by atoms with van der Waals surface area (Å²) in [7, 11) is 5.54. The van der Waals surface area contributed by atoms with Crippen LogP contribution in [-0.2, 0) is 20.9 Å². The molecule has 2 nitrogen and oxygen atoms in total. The maximum absolute atomic E-state index is 5.54. The Hall–Kier alpha value is 0.383.